The van der Waals surface area contributed by atoms with E-state index in [1.165, 1.54) is 44.3 Å². The van der Waals surface area contributed by atoms with Crippen molar-refractivity contribution in [3.05, 3.63) is 90.5 Å². The van der Waals surface area contributed by atoms with Gasteiger partial charge < -0.3 is 4.90 Å². The topological polar surface area (TPSA) is 3.24 Å². The van der Waals surface area contributed by atoms with E-state index in [-0.39, 0.29) is 5.41 Å². The molecule has 0 fully saturated rings. The molecule has 0 amide bonds. The molecule has 0 saturated heterocycles. The Morgan fingerprint density at radius 1 is 0.621 bits per heavy atom. The van der Waals surface area contributed by atoms with E-state index in [1.54, 1.807) is 0 Å². The van der Waals surface area contributed by atoms with Crippen molar-refractivity contribution >= 4 is 16.5 Å². The second kappa shape index (κ2) is 7.40. The van der Waals surface area contributed by atoms with Crippen LogP contribution in [0.4, 0.5) is 5.69 Å². The van der Waals surface area contributed by atoms with Crippen LogP contribution in [-0.4, -0.2) is 14.1 Å². The van der Waals surface area contributed by atoms with E-state index in [0.717, 1.165) is 0 Å². The quantitative estimate of drug-likeness (QED) is 0.355. The van der Waals surface area contributed by atoms with Gasteiger partial charge in [-0.3, -0.25) is 0 Å². The number of rotatable bonds is 3. The SMILES string of the molecule is CN(C)c1ccc(-c2ccc3c(-c4ccc(C(C)(C)C)cc4)cccc3c2)cc1. The van der Waals surface area contributed by atoms with Gasteiger partial charge in [0, 0.05) is 19.8 Å². The summed E-state index contributed by atoms with van der Waals surface area (Å²) < 4.78 is 0. The summed E-state index contributed by atoms with van der Waals surface area (Å²) in [5.41, 5.74) is 7.82. The lowest BCUT2D eigenvalue weighted by atomic mass is 9.86. The summed E-state index contributed by atoms with van der Waals surface area (Å²) in [6.07, 6.45) is 0. The van der Waals surface area contributed by atoms with Crippen molar-refractivity contribution in [1.82, 2.24) is 0 Å². The Hall–Kier alpha value is -3.06. The van der Waals surface area contributed by atoms with Crippen LogP contribution in [0.15, 0.2) is 84.9 Å². The first-order valence-electron chi connectivity index (χ1n) is 10.2. The minimum Gasteiger partial charge on any atom is -0.378 e. The maximum atomic E-state index is 2.30. The summed E-state index contributed by atoms with van der Waals surface area (Å²) in [5, 5.41) is 2.57. The van der Waals surface area contributed by atoms with Crippen LogP contribution in [0, 0.1) is 0 Å². The zero-order chi connectivity index (χ0) is 20.6. The van der Waals surface area contributed by atoms with E-state index in [2.05, 4.69) is 125 Å². The first-order valence-corrected chi connectivity index (χ1v) is 10.2. The van der Waals surface area contributed by atoms with E-state index < -0.39 is 0 Å². The smallest absolute Gasteiger partial charge is 0.0361 e. The zero-order valence-corrected chi connectivity index (χ0v) is 18.0. The van der Waals surface area contributed by atoms with Crippen molar-refractivity contribution in [2.75, 3.05) is 19.0 Å². The van der Waals surface area contributed by atoms with Gasteiger partial charge in [-0.2, -0.15) is 0 Å². The fourth-order valence-corrected chi connectivity index (χ4v) is 3.82. The average Bonchev–Trinajstić information content (AvgIpc) is 2.72. The van der Waals surface area contributed by atoms with Crippen molar-refractivity contribution < 1.29 is 0 Å². The highest BCUT2D eigenvalue weighted by atomic mass is 15.1. The Labute approximate surface area is 174 Å². The van der Waals surface area contributed by atoms with Crippen LogP contribution in [0.2, 0.25) is 0 Å². The summed E-state index contributed by atoms with van der Waals surface area (Å²) in [5.74, 6) is 0. The Kier molecular flexibility index (Phi) is 4.92. The van der Waals surface area contributed by atoms with E-state index in [9.17, 15) is 0 Å². The minimum atomic E-state index is 0.175. The monoisotopic (exact) mass is 379 g/mol. The fraction of sp³-hybridized carbons (Fsp3) is 0.214. The maximum absolute atomic E-state index is 2.30. The number of hydrogen-bond acceptors (Lipinski definition) is 1. The van der Waals surface area contributed by atoms with Crippen molar-refractivity contribution in [3.63, 3.8) is 0 Å². The minimum absolute atomic E-state index is 0.175. The molecule has 1 heteroatoms. The van der Waals surface area contributed by atoms with E-state index in [1.807, 2.05) is 0 Å². The fourth-order valence-electron chi connectivity index (χ4n) is 3.82. The largest absolute Gasteiger partial charge is 0.378 e. The Morgan fingerprint density at radius 3 is 1.86 bits per heavy atom. The Morgan fingerprint density at radius 2 is 1.24 bits per heavy atom. The highest BCUT2D eigenvalue weighted by Gasteiger charge is 2.13. The van der Waals surface area contributed by atoms with Crippen LogP contribution in [0.5, 0.6) is 0 Å². The molecule has 29 heavy (non-hydrogen) atoms. The lowest BCUT2D eigenvalue weighted by Crippen LogP contribution is -2.10. The van der Waals surface area contributed by atoms with Gasteiger partial charge in [0.2, 0.25) is 0 Å². The maximum Gasteiger partial charge on any atom is 0.0361 e. The third kappa shape index (κ3) is 3.91. The van der Waals surface area contributed by atoms with E-state index in [0.29, 0.717) is 0 Å². The van der Waals surface area contributed by atoms with Gasteiger partial charge in [0.15, 0.2) is 0 Å². The van der Waals surface area contributed by atoms with Crippen LogP contribution < -0.4 is 4.90 Å². The molecule has 0 spiro atoms. The van der Waals surface area contributed by atoms with Crippen molar-refractivity contribution in [1.29, 1.82) is 0 Å². The van der Waals surface area contributed by atoms with Crippen LogP contribution >= 0.6 is 0 Å². The number of fused-ring (bicyclic) bond motifs is 1. The molecule has 0 aliphatic heterocycles. The second-order valence-corrected chi connectivity index (χ2v) is 9.01. The van der Waals surface area contributed by atoms with Crippen LogP contribution in [-0.2, 0) is 5.41 Å². The summed E-state index contributed by atoms with van der Waals surface area (Å²) in [6.45, 7) is 6.77. The average molecular weight is 380 g/mol. The van der Waals surface area contributed by atoms with Gasteiger partial charge in [-0.15, -0.1) is 0 Å². The molecule has 0 radical (unpaired) electrons. The molecule has 0 bridgehead atoms. The molecule has 0 unspecified atom stereocenters. The van der Waals surface area contributed by atoms with Crippen LogP contribution in [0.25, 0.3) is 33.0 Å². The zero-order valence-electron chi connectivity index (χ0n) is 18.0. The van der Waals surface area contributed by atoms with Gasteiger partial charge in [-0.25, -0.2) is 0 Å². The molecule has 1 nitrogen and oxygen atoms in total. The first kappa shape index (κ1) is 19.3. The van der Waals surface area contributed by atoms with Crippen molar-refractivity contribution in [2.45, 2.75) is 26.2 Å². The van der Waals surface area contributed by atoms with E-state index >= 15 is 0 Å². The Bertz CT molecular complexity index is 1130. The van der Waals surface area contributed by atoms with Gasteiger partial charge in [0.25, 0.3) is 0 Å². The second-order valence-electron chi connectivity index (χ2n) is 9.01. The van der Waals surface area contributed by atoms with Gasteiger partial charge in [-0.05, 0) is 62.2 Å². The predicted molar refractivity (Wildman–Crippen MR) is 128 cm³/mol. The van der Waals surface area contributed by atoms with Crippen LogP contribution in [0.3, 0.4) is 0 Å². The summed E-state index contributed by atoms with van der Waals surface area (Å²) in [7, 11) is 4.14. The molecule has 0 N–H and O–H groups in total. The molecule has 4 aromatic carbocycles. The number of hydrogen-bond donors (Lipinski definition) is 0. The molecule has 4 rings (SSSR count). The molecule has 0 atom stereocenters. The standard InChI is InChI=1S/C28H29N/c1-28(2,3)24-14-9-21(10-15-24)26-8-6-7-23-19-22(13-18-27(23)26)20-11-16-25(17-12-20)29(4)5/h6-19H,1-5H3. The molecule has 4 aromatic rings. The molecule has 0 aromatic heterocycles. The van der Waals surface area contributed by atoms with Gasteiger partial charge in [0.05, 0.1) is 0 Å². The van der Waals surface area contributed by atoms with Gasteiger partial charge in [-0.1, -0.05) is 87.5 Å². The van der Waals surface area contributed by atoms with Gasteiger partial charge in [0.1, 0.15) is 0 Å². The Balaban J connectivity index is 1.73. The molecule has 0 saturated carbocycles. The molecule has 0 aliphatic rings. The number of benzene rings is 4. The highest BCUT2D eigenvalue weighted by Crippen LogP contribution is 2.33. The van der Waals surface area contributed by atoms with Crippen molar-refractivity contribution in [3.8, 4) is 22.3 Å². The van der Waals surface area contributed by atoms with Gasteiger partial charge >= 0.3 is 0 Å². The third-order valence-electron chi connectivity index (χ3n) is 5.66. The van der Waals surface area contributed by atoms with E-state index in [4.69, 9.17) is 0 Å². The predicted octanol–water partition coefficient (Wildman–Crippen LogP) is 7.54. The normalized spacial score (nSPS) is 11.6. The third-order valence-corrected chi connectivity index (χ3v) is 5.66. The molecule has 146 valence electrons. The molecular formula is C28H29N. The lowest BCUT2D eigenvalue weighted by molar-refractivity contribution is 0.590. The van der Waals surface area contributed by atoms with Crippen molar-refractivity contribution in [2.24, 2.45) is 0 Å². The number of anilines is 1. The lowest BCUT2D eigenvalue weighted by Gasteiger charge is -2.19. The summed E-state index contributed by atoms with van der Waals surface area (Å²) in [4.78, 5) is 2.13. The molecule has 0 aliphatic carbocycles. The first-order chi connectivity index (χ1) is 13.8. The highest BCUT2D eigenvalue weighted by molar-refractivity contribution is 5.98. The molecular weight excluding hydrogens is 350 g/mol. The molecule has 0 heterocycles. The van der Waals surface area contributed by atoms with Crippen LogP contribution in [0.1, 0.15) is 26.3 Å². The summed E-state index contributed by atoms with van der Waals surface area (Å²) >= 11 is 0. The summed E-state index contributed by atoms with van der Waals surface area (Å²) in [6, 6.07) is 31.2. The number of nitrogens with zero attached hydrogens (tertiary/aromatic N) is 1.